The van der Waals surface area contributed by atoms with E-state index in [1.165, 1.54) is 32.1 Å². The third-order valence-electron chi connectivity index (χ3n) is 6.36. The molecule has 0 heterocycles. The molecule has 0 nitrogen and oxygen atoms in total. The van der Waals surface area contributed by atoms with E-state index in [2.05, 4.69) is 20.8 Å². The zero-order chi connectivity index (χ0) is 12.4. The van der Waals surface area contributed by atoms with Gasteiger partial charge in [0.2, 0.25) is 0 Å². The van der Waals surface area contributed by atoms with Gasteiger partial charge in [0, 0.05) is 0 Å². The molecule has 17 heavy (non-hydrogen) atoms. The highest BCUT2D eigenvalue weighted by molar-refractivity contribution is 6.40. The van der Waals surface area contributed by atoms with E-state index in [-0.39, 0.29) is 5.41 Å². The maximum atomic E-state index is 6.49. The first-order valence-electron chi connectivity index (χ1n) is 7.38. The fourth-order valence-corrected chi connectivity index (χ4v) is 5.02. The molecule has 3 rings (SSSR count). The Morgan fingerprint density at radius 1 is 0.824 bits per heavy atom. The molecule has 0 saturated heterocycles. The molecule has 4 atom stereocenters. The minimum Gasteiger partial charge on any atom is -0.0916 e. The van der Waals surface area contributed by atoms with Gasteiger partial charge in [-0.3, -0.25) is 0 Å². The van der Waals surface area contributed by atoms with Gasteiger partial charge < -0.3 is 0 Å². The SMILES string of the molecule is [B]C([B])(C1CC2C3CCC(C3)C2C1)C(C)(C)C. The molecule has 3 aliphatic rings. The van der Waals surface area contributed by atoms with E-state index in [4.69, 9.17) is 15.7 Å². The zero-order valence-corrected chi connectivity index (χ0v) is 11.6. The van der Waals surface area contributed by atoms with Crippen LogP contribution in [-0.4, -0.2) is 15.7 Å². The molecule has 2 bridgehead atoms. The van der Waals surface area contributed by atoms with Crippen LogP contribution < -0.4 is 0 Å². The van der Waals surface area contributed by atoms with Crippen molar-refractivity contribution in [2.45, 2.75) is 58.1 Å². The minimum absolute atomic E-state index is 0.00928. The van der Waals surface area contributed by atoms with Crippen LogP contribution in [0.1, 0.15) is 52.9 Å². The Labute approximate surface area is 109 Å². The maximum Gasteiger partial charge on any atom is 0.0631 e. The van der Waals surface area contributed by atoms with E-state index >= 15 is 0 Å². The molecular weight excluding hydrogens is 202 g/mol. The molecule has 0 aromatic carbocycles. The molecule has 0 aromatic heterocycles. The summed E-state index contributed by atoms with van der Waals surface area (Å²) in [4.78, 5) is 0. The average molecular weight is 226 g/mol. The minimum atomic E-state index is -0.489. The first-order valence-corrected chi connectivity index (χ1v) is 7.38. The summed E-state index contributed by atoms with van der Waals surface area (Å²) in [6, 6.07) is 0. The van der Waals surface area contributed by atoms with Crippen LogP contribution in [-0.2, 0) is 0 Å². The Hall–Kier alpha value is 0.130. The average Bonchev–Trinajstić information content (AvgIpc) is 2.88. The molecule has 2 heteroatoms. The Morgan fingerprint density at radius 2 is 1.29 bits per heavy atom. The van der Waals surface area contributed by atoms with Gasteiger partial charge >= 0.3 is 0 Å². The van der Waals surface area contributed by atoms with E-state index in [1.807, 2.05) is 0 Å². The first-order chi connectivity index (χ1) is 7.80. The van der Waals surface area contributed by atoms with Crippen LogP contribution in [0.25, 0.3) is 0 Å². The van der Waals surface area contributed by atoms with E-state index in [1.54, 1.807) is 0 Å². The predicted molar refractivity (Wildman–Crippen MR) is 74.2 cm³/mol. The van der Waals surface area contributed by atoms with Gasteiger partial charge in [0.25, 0.3) is 0 Å². The summed E-state index contributed by atoms with van der Waals surface area (Å²) in [6.45, 7) is 6.57. The number of hydrogen-bond acceptors (Lipinski definition) is 0. The van der Waals surface area contributed by atoms with E-state index < -0.39 is 5.21 Å². The zero-order valence-electron chi connectivity index (χ0n) is 11.6. The lowest BCUT2D eigenvalue weighted by Gasteiger charge is -2.45. The highest BCUT2D eigenvalue weighted by Crippen LogP contribution is 2.64. The molecule has 0 N–H and O–H groups in total. The van der Waals surface area contributed by atoms with Crippen LogP contribution in [0.4, 0.5) is 0 Å². The van der Waals surface area contributed by atoms with Crippen molar-refractivity contribution in [2.24, 2.45) is 35.0 Å². The second-order valence-corrected chi connectivity index (χ2v) is 8.01. The first kappa shape index (κ1) is 12.2. The molecule has 3 aliphatic carbocycles. The van der Waals surface area contributed by atoms with Crippen LogP contribution in [0.15, 0.2) is 0 Å². The van der Waals surface area contributed by atoms with Crippen molar-refractivity contribution in [3.63, 3.8) is 0 Å². The van der Waals surface area contributed by atoms with Crippen LogP contribution in [0.2, 0.25) is 5.21 Å². The summed E-state index contributed by atoms with van der Waals surface area (Å²) in [7, 11) is 13.0. The predicted octanol–water partition coefficient (Wildman–Crippen LogP) is 3.56. The molecule has 0 spiro atoms. The summed E-state index contributed by atoms with van der Waals surface area (Å²) in [5, 5.41) is -0.489. The summed E-state index contributed by atoms with van der Waals surface area (Å²) >= 11 is 0. The van der Waals surface area contributed by atoms with Gasteiger partial charge in [-0.15, -0.1) is 0 Å². The van der Waals surface area contributed by atoms with E-state index in [0.717, 1.165) is 23.7 Å². The van der Waals surface area contributed by atoms with Crippen LogP contribution >= 0.6 is 0 Å². The van der Waals surface area contributed by atoms with Gasteiger partial charge in [0.1, 0.15) is 0 Å². The van der Waals surface area contributed by atoms with Gasteiger partial charge in [-0.1, -0.05) is 31.9 Å². The van der Waals surface area contributed by atoms with Gasteiger partial charge in [-0.2, -0.15) is 0 Å². The van der Waals surface area contributed by atoms with Crippen molar-refractivity contribution in [3.05, 3.63) is 0 Å². The van der Waals surface area contributed by atoms with Crippen molar-refractivity contribution in [1.82, 2.24) is 0 Å². The number of fused-ring (bicyclic) bond motifs is 5. The number of hydrogen-bond donors (Lipinski definition) is 0. The lowest BCUT2D eigenvalue weighted by atomic mass is 9.38. The van der Waals surface area contributed by atoms with Crippen LogP contribution in [0.3, 0.4) is 0 Å². The van der Waals surface area contributed by atoms with Crippen LogP contribution in [0.5, 0.6) is 0 Å². The van der Waals surface area contributed by atoms with Crippen molar-refractivity contribution in [1.29, 1.82) is 0 Å². The van der Waals surface area contributed by atoms with E-state index in [0.29, 0.717) is 5.92 Å². The van der Waals surface area contributed by atoms with Gasteiger partial charge in [0.05, 0.1) is 15.7 Å². The second kappa shape index (κ2) is 3.58. The third-order valence-corrected chi connectivity index (χ3v) is 6.36. The Kier molecular flexibility index (Phi) is 2.56. The molecule has 3 fully saturated rings. The number of rotatable bonds is 1. The summed E-state index contributed by atoms with van der Waals surface area (Å²) in [6.07, 6.45) is 7.08. The topological polar surface area (TPSA) is 0 Å². The third kappa shape index (κ3) is 1.65. The standard InChI is InChI=1S/C15H24B2/c1-14(2,3)15(16,17)11-7-12-9-4-5-10(6-9)13(12)8-11/h9-13H,4-8H2,1-3H3. The Balaban J connectivity index is 1.77. The smallest absolute Gasteiger partial charge is 0.0631 e. The highest BCUT2D eigenvalue weighted by atomic mass is 14.6. The van der Waals surface area contributed by atoms with Gasteiger partial charge in [-0.05, 0) is 61.2 Å². The lowest BCUT2D eigenvalue weighted by Crippen LogP contribution is -2.36. The fourth-order valence-electron chi connectivity index (χ4n) is 5.02. The lowest BCUT2D eigenvalue weighted by molar-refractivity contribution is 0.245. The molecule has 4 unspecified atom stereocenters. The molecular formula is C15H24B2. The van der Waals surface area contributed by atoms with Crippen molar-refractivity contribution >= 4 is 15.7 Å². The van der Waals surface area contributed by atoms with Gasteiger partial charge in [-0.25, -0.2) is 0 Å². The Morgan fingerprint density at radius 3 is 1.71 bits per heavy atom. The maximum absolute atomic E-state index is 6.49. The normalized spacial score (nSPS) is 45.2. The molecule has 90 valence electrons. The fraction of sp³-hybridized carbons (Fsp3) is 1.00. The van der Waals surface area contributed by atoms with E-state index in [9.17, 15) is 0 Å². The molecule has 3 saturated carbocycles. The quantitative estimate of drug-likeness (QED) is 0.599. The summed E-state index contributed by atoms with van der Waals surface area (Å²) in [5.74, 6) is 4.51. The second-order valence-electron chi connectivity index (χ2n) is 8.01. The molecule has 0 aliphatic heterocycles. The van der Waals surface area contributed by atoms with Crippen molar-refractivity contribution < 1.29 is 0 Å². The monoisotopic (exact) mass is 226 g/mol. The summed E-state index contributed by atoms with van der Waals surface area (Å²) in [5.41, 5.74) is 0.00928. The highest BCUT2D eigenvalue weighted by Gasteiger charge is 2.55. The molecule has 4 radical (unpaired) electrons. The molecule has 0 amide bonds. The Bertz CT molecular complexity index is 297. The van der Waals surface area contributed by atoms with Gasteiger partial charge in [0.15, 0.2) is 0 Å². The van der Waals surface area contributed by atoms with Crippen molar-refractivity contribution in [2.75, 3.05) is 0 Å². The molecule has 0 aromatic rings. The van der Waals surface area contributed by atoms with Crippen molar-refractivity contribution in [3.8, 4) is 0 Å². The summed E-state index contributed by atoms with van der Waals surface area (Å²) < 4.78 is 0. The van der Waals surface area contributed by atoms with Crippen LogP contribution in [0, 0.1) is 35.0 Å². The largest absolute Gasteiger partial charge is 0.0916 e.